The number of guanidine groups is 1. The van der Waals surface area contributed by atoms with E-state index in [1.807, 2.05) is 24.6 Å². The molecule has 0 fully saturated rings. The van der Waals surface area contributed by atoms with E-state index < -0.39 is 11.7 Å². The maximum atomic E-state index is 12.8. The quantitative estimate of drug-likeness (QED) is 0.595. The number of hydrogen-bond acceptors (Lipinski definition) is 2. The maximum Gasteiger partial charge on any atom is 0.416 e. The number of aryl methyl sites for hydroxylation is 2. The molecule has 1 aromatic carbocycles. The highest BCUT2D eigenvalue weighted by molar-refractivity contribution is 5.79. The number of benzene rings is 1. The van der Waals surface area contributed by atoms with E-state index >= 15 is 0 Å². The summed E-state index contributed by atoms with van der Waals surface area (Å²) in [5.41, 5.74) is 2.00. The van der Waals surface area contributed by atoms with E-state index in [9.17, 15) is 13.2 Å². The molecular formula is C19H26F3N5. The lowest BCUT2D eigenvalue weighted by molar-refractivity contribution is -0.137. The fourth-order valence-electron chi connectivity index (χ4n) is 2.75. The van der Waals surface area contributed by atoms with E-state index in [4.69, 9.17) is 0 Å². The van der Waals surface area contributed by atoms with Crippen molar-refractivity contribution in [2.75, 3.05) is 13.6 Å². The average molecular weight is 381 g/mol. The van der Waals surface area contributed by atoms with E-state index in [1.54, 1.807) is 13.1 Å². The van der Waals surface area contributed by atoms with Crippen LogP contribution in [-0.2, 0) is 19.3 Å². The Bertz CT molecular complexity index is 780. The normalized spacial score (nSPS) is 13.5. The molecule has 0 amide bonds. The van der Waals surface area contributed by atoms with Gasteiger partial charge >= 0.3 is 6.18 Å². The molecule has 5 nitrogen and oxygen atoms in total. The van der Waals surface area contributed by atoms with Gasteiger partial charge in [-0.2, -0.15) is 18.3 Å². The van der Waals surface area contributed by atoms with Gasteiger partial charge in [-0.1, -0.05) is 19.1 Å². The Labute approximate surface area is 157 Å². The summed E-state index contributed by atoms with van der Waals surface area (Å²) in [7, 11) is 1.63. The zero-order chi connectivity index (χ0) is 20.0. The summed E-state index contributed by atoms with van der Waals surface area (Å²) in [6.07, 6.45) is -4.34. The summed E-state index contributed by atoms with van der Waals surface area (Å²) < 4.78 is 40.3. The van der Waals surface area contributed by atoms with Crippen molar-refractivity contribution in [1.82, 2.24) is 20.4 Å². The Morgan fingerprint density at radius 2 is 1.96 bits per heavy atom. The first kappa shape index (κ1) is 20.8. The minimum absolute atomic E-state index is 0.259. The molecule has 148 valence electrons. The van der Waals surface area contributed by atoms with Gasteiger partial charge in [-0.05, 0) is 43.5 Å². The van der Waals surface area contributed by atoms with Crippen molar-refractivity contribution in [3.8, 4) is 0 Å². The molecule has 2 aromatic rings. The van der Waals surface area contributed by atoms with Crippen LogP contribution in [0, 0.1) is 19.8 Å². The molecule has 8 heteroatoms. The molecule has 2 rings (SSSR count). The third-order valence-corrected chi connectivity index (χ3v) is 4.14. The smallest absolute Gasteiger partial charge is 0.356 e. The molecule has 0 radical (unpaired) electrons. The average Bonchev–Trinajstić information content (AvgIpc) is 2.91. The summed E-state index contributed by atoms with van der Waals surface area (Å²) in [5, 5.41) is 10.7. The molecule has 1 atom stereocenters. The second kappa shape index (κ2) is 8.92. The van der Waals surface area contributed by atoms with Gasteiger partial charge in [0.1, 0.15) is 0 Å². The molecule has 0 saturated carbocycles. The van der Waals surface area contributed by atoms with Crippen molar-refractivity contribution < 1.29 is 13.2 Å². The van der Waals surface area contributed by atoms with Crippen LogP contribution in [0.4, 0.5) is 13.2 Å². The van der Waals surface area contributed by atoms with Gasteiger partial charge in [0.05, 0.1) is 11.3 Å². The first-order valence-electron chi connectivity index (χ1n) is 8.80. The lowest BCUT2D eigenvalue weighted by atomic mass is 10.1. The third-order valence-electron chi connectivity index (χ3n) is 4.14. The van der Waals surface area contributed by atoms with E-state index in [0.717, 1.165) is 30.1 Å². The van der Waals surface area contributed by atoms with E-state index in [-0.39, 0.29) is 6.54 Å². The van der Waals surface area contributed by atoms with Crippen molar-refractivity contribution >= 4 is 5.96 Å². The zero-order valence-electron chi connectivity index (χ0n) is 16.1. The highest BCUT2D eigenvalue weighted by Crippen LogP contribution is 2.29. The van der Waals surface area contributed by atoms with E-state index in [1.165, 1.54) is 6.07 Å². The first-order valence-corrected chi connectivity index (χ1v) is 8.80. The molecule has 0 spiro atoms. The van der Waals surface area contributed by atoms with Gasteiger partial charge in [0.2, 0.25) is 0 Å². The van der Waals surface area contributed by atoms with Crippen LogP contribution in [0.2, 0.25) is 0 Å². The third kappa shape index (κ3) is 6.30. The predicted octanol–water partition coefficient (Wildman–Crippen LogP) is 3.52. The molecule has 1 heterocycles. The Morgan fingerprint density at radius 1 is 1.22 bits per heavy atom. The van der Waals surface area contributed by atoms with Crippen molar-refractivity contribution in [2.45, 2.75) is 40.0 Å². The summed E-state index contributed by atoms with van der Waals surface area (Å²) in [4.78, 5) is 4.12. The van der Waals surface area contributed by atoms with Crippen LogP contribution in [0.25, 0.3) is 0 Å². The van der Waals surface area contributed by atoms with Gasteiger partial charge in [-0.3, -0.25) is 9.67 Å². The standard InChI is InChI=1S/C19H26F3N5/c1-13(12-27-15(3)8-14(2)26-27)10-24-18(23-4)25-11-16-6-5-7-17(9-16)19(20,21)22/h5-9,13H,10-12H2,1-4H3,(H2,23,24,25). The van der Waals surface area contributed by atoms with Gasteiger partial charge in [0.15, 0.2) is 5.96 Å². The van der Waals surface area contributed by atoms with Gasteiger partial charge in [-0.25, -0.2) is 0 Å². The van der Waals surface area contributed by atoms with Crippen LogP contribution in [-0.4, -0.2) is 29.3 Å². The molecule has 0 aliphatic carbocycles. The molecule has 0 saturated heterocycles. The highest BCUT2D eigenvalue weighted by Gasteiger charge is 2.30. The van der Waals surface area contributed by atoms with Gasteiger partial charge in [0.25, 0.3) is 0 Å². The number of aromatic nitrogens is 2. The van der Waals surface area contributed by atoms with Crippen molar-refractivity contribution in [1.29, 1.82) is 0 Å². The second-order valence-electron chi connectivity index (χ2n) is 6.72. The van der Waals surface area contributed by atoms with Crippen LogP contribution in [0.1, 0.15) is 29.4 Å². The van der Waals surface area contributed by atoms with Crippen LogP contribution >= 0.6 is 0 Å². The van der Waals surface area contributed by atoms with Crippen molar-refractivity contribution in [3.63, 3.8) is 0 Å². The Kier molecular flexibility index (Phi) is 6.87. The predicted molar refractivity (Wildman–Crippen MR) is 101 cm³/mol. The molecule has 1 unspecified atom stereocenters. The number of rotatable bonds is 6. The van der Waals surface area contributed by atoms with Crippen LogP contribution < -0.4 is 10.6 Å². The lowest BCUT2D eigenvalue weighted by Gasteiger charge is -2.17. The first-order chi connectivity index (χ1) is 12.7. The summed E-state index contributed by atoms with van der Waals surface area (Å²) in [6.45, 7) is 7.79. The molecule has 0 aliphatic heterocycles. The number of hydrogen-bond donors (Lipinski definition) is 2. The summed E-state index contributed by atoms with van der Waals surface area (Å²) in [5.74, 6) is 0.850. The Balaban J connectivity index is 1.85. The molecule has 1 aromatic heterocycles. The SMILES string of the molecule is CN=C(NCc1cccc(C(F)(F)F)c1)NCC(C)Cn1nc(C)cc1C. The molecule has 0 bridgehead atoms. The van der Waals surface area contributed by atoms with Gasteiger partial charge in [0, 0.05) is 32.4 Å². The van der Waals surface area contributed by atoms with Crippen molar-refractivity contribution in [2.24, 2.45) is 10.9 Å². The van der Waals surface area contributed by atoms with Crippen molar-refractivity contribution in [3.05, 3.63) is 52.8 Å². The Hall–Kier alpha value is -2.51. The topological polar surface area (TPSA) is 54.2 Å². The summed E-state index contributed by atoms with van der Waals surface area (Å²) >= 11 is 0. The fourth-order valence-corrected chi connectivity index (χ4v) is 2.75. The lowest BCUT2D eigenvalue weighted by Crippen LogP contribution is -2.39. The minimum atomic E-state index is -4.34. The Morgan fingerprint density at radius 3 is 2.56 bits per heavy atom. The molecule has 27 heavy (non-hydrogen) atoms. The highest BCUT2D eigenvalue weighted by atomic mass is 19.4. The number of aliphatic imine (C=N–C) groups is 1. The fraction of sp³-hybridized carbons (Fsp3) is 0.474. The second-order valence-corrected chi connectivity index (χ2v) is 6.72. The van der Waals surface area contributed by atoms with Gasteiger partial charge < -0.3 is 10.6 Å². The van der Waals surface area contributed by atoms with Crippen LogP contribution in [0.5, 0.6) is 0 Å². The summed E-state index contributed by atoms with van der Waals surface area (Å²) in [6, 6.07) is 7.31. The molecule has 2 N–H and O–H groups in total. The maximum absolute atomic E-state index is 12.8. The number of nitrogens with zero attached hydrogens (tertiary/aromatic N) is 3. The largest absolute Gasteiger partial charge is 0.416 e. The molecular weight excluding hydrogens is 355 g/mol. The van der Waals surface area contributed by atoms with E-state index in [0.29, 0.717) is 24.0 Å². The number of alkyl halides is 3. The number of halogens is 3. The minimum Gasteiger partial charge on any atom is -0.356 e. The monoisotopic (exact) mass is 381 g/mol. The van der Waals surface area contributed by atoms with Crippen LogP contribution in [0.3, 0.4) is 0 Å². The van der Waals surface area contributed by atoms with Crippen LogP contribution in [0.15, 0.2) is 35.3 Å². The van der Waals surface area contributed by atoms with Gasteiger partial charge in [-0.15, -0.1) is 0 Å². The molecule has 0 aliphatic rings. The zero-order valence-corrected chi connectivity index (χ0v) is 16.1. The number of nitrogens with one attached hydrogen (secondary N) is 2. The van der Waals surface area contributed by atoms with E-state index in [2.05, 4.69) is 27.6 Å².